The summed E-state index contributed by atoms with van der Waals surface area (Å²) in [7, 11) is -6.00. The molecular weight excluding hydrogens is 449 g/mol. The molecule has 0 N–H and O–H groups in total. The summed E-state index contributed by atoms with van der Waals surface area (Å²) >= 11 is -0.287. The van der Waals surface area contributed by atoms with E-state index in [0.717, 1.165) is 6.42 Å². The fourth-order valence-electron chi connectivity index (χ4n) is 2.09. The van der Waals surface area contributed by atoms with Crippen molar-refractivity contribution in [1.29, 1.82) is 0 Å². The Bertz CT molecular complexity index is 443. The van der Waals surface area contributed by atoms with Gasteiger partial charge in [0.15, 0.2) is 7.65 Å². The fraction of sp³-hybridized carbons (Fsp3) is 0.556. The van der Waals surface area contributed by atoms with Gasteiger partial charge in [-0.2, -0.15) is 0 Å². The van der Waals surface area contributed by atoms with E-state index in [1.165, 1.54) is 48.5 Å². The molecule has 0 heterocycles. The monoisotopic (exact) mass is 476 g/mol. The number of hydrogen-bond acceptors (Lipinski definition) is 0. The molecule has 1 aromatic carbocycles. The van der Waals surface area contributed by atoms with E-state index in [4.69, 9.17) is 0 Å². The Morgan fingerprint density at radius 3 is 1.88 bits per heavy atom. The van der Waals surface area contributed by atoms with Gasteiger partial charge in [0.05, 0.1) is 0 Å². The van der Waals surface area contributed by atoms with Crippen LogP contribution in [0.25, 0.3) is 0 Å². The second-order valence-electron chi connectivity index (χ2n) is 5.68. The molecule has 25 heavy (non-hydrogen) atoms. The van der Waals surface area contributed by atoms with Gasteiger partial charge in [0.2, 0.25) is 0 Å². The van der Waals surface area contributed by atoms with E-state index in [2.05, 4.69) is 19.1 Å². The molecule has 7 heteroatoms. The zero-order valence-corrected chi connectivity index (χ0v) is 16.8. The molecule has 0 unspecified atom stereocenters. The van der Waals surface area contributed by atoms with Crippen molar-refractivity contribution >= 4 is 7.25 Å². The molecule has 1 aromatic rings. The average molecular weight is 476 g/mol. The molecule has 0 aliphatic rings. The van der Waals surface area contributed by atoms with Crippen LogP contribution in [0.5, 0.6) is 0 Å². The van der Waals surface area contributed by atoms with Crippen LogP contribution >= 0.6 is 0 Å². The van der Waals surface area contributed by atoms with Gasteiger partial charge in [-0.05, 0) is 18.6 Å². The summed E-state index contributed by atoms with van der Waals surface area (Å²) in [5.41, 5.74) is 0. The van der Waals surface area contributed by atoms with Crippen LogP contribution in [-0.2, 0) is 0 Å². The number of hydrogen-bond donors (Lipinski definition) is 0. The van der Waals surface area contributed by atoms with E-state index in [0.29, 0.717) is 6.42 Å². The van der Waals surface area contributed by atoms with Crippen LogP contribution in [0.1, 0.15) is 64.7 Å². The number of benzene rings is 1. The van der Waals surface area contributed by atoms with Gasteiger partial charge < -0.3 is 17.3 Å². The van der Waals surface area contributed by atoms with Gasteiger partial charge in [-0.1, -0.05) is 70.1 Å². The normalized spacial score (nSPS) is 11.8. The largest absolute Gasteiger partial charge is 0.673 e. The molecule has 0 saturated carbocycles. The third-order valence-electron chi connectivity index (χ3n) is 3.30. The van der Waals surface area contributed by atoms with Crippen LogP contribution in [0.4, 0.5) is 21.7 Å². The van der Waals surface area contributed by atoms with Crippen molar-refractivity contribution in [3.63, 3.8) is 0 Å². The van der Waals surface area contributed by atoms with Gasteiger partial charge in [-0.15, -0.1) is 0 Å². The first kappa shape index (κ1) is 24.4. The first-order chi connectivity index (χ1) is 11.8. The molecule has 0 atom stereocenters. The molecule has 144 valence electrons. The lowest BCUT2D eigenvalue weighted by Gasteiger charge is -2.00. The molecule has 0 radical (unpaired) electrons. The Balaban J connectivity index is 0.00000101. The van der Waals surface area contributed by atoms with Gasteiger partial charge in [-0.25, -0.2) is 4.39 Å². The van der Waals surface area contributed by atoms with E-state index >= 15 is 0 Å². The van der Waals surface area contributed by atoms with Crippen molar-refractivity contribution < 1.29 is 42.9 Å². The van der Waals surface area contributed by atoms with E-state index < -0.39 is 7.25 Å². The topological polar surface area (TPSA) is 0 Å². The minimum Gasteiger partial charge on any atom is -0.418 e. The maximum absolute atomic E-state index is 13.7. The molecule has 0 aliphatic heterocycles. The number of unbranched alkanes of at least 4 members (excludes halogenated alkanes) is 7. The molecule has 0 spiro atoms. The molecule has 0 amide bonds. The molecule has 0 nitrogen and oxygen atoms in total. The molecule has 0 fully saturated rings. The summed E-state index contributed by atoms with van der Waals surface area (Å²) < 4.78 is 55.8. The standard InChI is InChI=1S/C18H27FI.BF4/c1-2-3-4-5-6-7-8-10-13-17(19)16-20-18-14-11-9-12-15-18;2-1(3,4)5/h9,11-12,14-16H,2-8,10,13H2,1H3;/q+1;-1/b17-16+;. The van der Waals surface area contributed by atoms with Crippen LogP contribution in [0, 0.1) is 3.57 Å². The highest BCUT2D eigenvalue weighted by molar-refractivity contribution is 6.50. The van der Waals surface area contributed by atoms with Gasteiger partial charge in [0.1, 0.15) is 5.83 Å². The summed E-state index contributed by atoms with van der Waals surface area (Å²) in [6.07, 6.45) is 10.8. The van der Waals surface area contributed by atoms with E-state index in [1.54, 1.807) is 0 Å². The molecule has 0 aromatic heterocycles. The molecule has 0 aliphatic carbocycles. The molecular formula is C18H27BF5I. The van der Waals surface area contributed by atoms with Gasteiger partial charge >= 0.3 is 28.5 Å². The Morgan fingerprint density at radius 1 is 0.880 bits per heavy atom. The van der Waals surface area contributed by atoms with Crippen molar-refractivity contribution in [2.75, 3.05) is 0 Å². The number of halogens is 6. The summed E-state index contributed by atoms with van der Waals surface area (Å²) in [6, 6.07) is 10.2. The van der Waals surface area contributed by atoms with Gasteiger partial charge in [-0.3, -0.25) is 0 Å². The minimum atomic E-state index is -6.00. The Hall–Kier alpha value is -0.595. The molecule has 0 bridgehead atoms. The van der Waals surface area contributed by atoms with Crippen LogP contribution in [-0.4, -0.2) is 7.25 Å². The molecule has 0 saturated heterocycles. The SMILES string of the molecule is CCCCCCCCCC/C(F)=C\[I+]c1ccccc1.F[B-](F)(F)F. The first-order valence-electron chi connectivity index (χ1n) is 8.73. The second kappa shape index (κ2) is 15.6. The number of rotatable bonds is 11. The highest BCUT2D eigenvalue weighted by Crippen LogP contribution is 2.12. The summed E-state index contributed by atoms with van der Waals surface area (Å²) in [6.45, 7) is 2.24. The summed E-state index contributed by atoms with van der Waals surface area (Å²) in [4.78, 5) is 0. The fourth-order valence-corrected chi connectivity index (χ4v) is 3.93. The van der Waals surface area contributed by atoms with E-state index in [1.807, 2.05) is 22.3 Å². The lowest BCUT2D eigenvalue weighted by Crippen LogP contribution is -3.59. The van der Waals surface area contributed by atoms with Gasteiger partial charge in [0, 0.05) is 6.42 Å². The Labute approximate surface area is 158 Å². The van der Waals surface area contributed by atoms with Gasteiger partial charge in [0.25, 0.3) is 0 Å². The average Bonchev–Trinajstić information content (AvgIpc) is 2.55. The first-order valence-corrected chi connectivity index (χ1v) is 11.1. The maximum atomic E-state index is 13.7. The molecule has 1 rings (SSSR count). The van der Waals surface area contributed by atoms with Crippen molar-refractivity contribution in [2.24, 2.45) is 0 Å². The zero-order chi connectivity index (χ0) is 19.0. The Morgan fingerprint density at radius 2 is 1.36 bits per heavy atom. The van der Waals surface area contributed by atoms with Crippen molar-refractivity contribution in [1.82, 2.24) is 0 Å². The lowest BCUT2D eigenvalue weighted by atomic mass is 10.1. The zero-order valence-electron chi connectivity index (χ0n) is 14.7. The quantitative estimate of drug-likeness (QED) is 0.190. The van der Waals surface area contributed by atoms with E-state index in [-0.39, 0.29) is 27.0 Å². The lowest BCUT2D eigenvalue weighted by molar-refractivity contribution is -0.558. The Kier molecular flexibility index (Phi) is 15.3. The summed E-state index contributed by atoms with van der Waals surface area (Å²) in [5.74, 6) is 0.104. The van der Waals surface area contributed by atoms with Crippen molar-refractivity contribution in [3.8, 4) is 0 Å². The summed E-state index contributed by atoms with van der Waals surface area (Å²) in [5, 5.41) is 0. The third kappa shape index (κ3) is 21.4. The van der Waals surface area contributed by atoms with Crippen LogP contribution in [0.2, 0.25) is 0 Å². The third-order valence-corrected chi connectivity index (χ3v) is 5.73. The van der Waals surface area contributed by atoms with E-state index in [9.17, 15) is 21.7 Å². The smallest absolute Gasteiger partial charge is 0.418 e. The second-order valence-corrected chi connectivity index (χ2v) is 8.17. The maximum Gasteiger partial charge on any atom is 0.673 e. The van der Waals surface area contributed by atoms with Crippen molar-refractivity contribution in [2.45, 2.75) is 64.7 Å². The minimum absolute atomic E-state index is 0.104. The van der Waals surface area contributed by atoms with Crippen LogP contribution in [0.15, 0.2) is 40.2 Å². The predicted octanol–water partition coefficient (Wildman–Crippen LogP) is 4.59. The van der Waals surface area contributed by atoms with Crippen molar-refractivity contribution in [3.05, 3.63) is 43.8 Å². The van der Waals surface area contributed by atoms with Crippen LogP contribution < -0.4 is 21.2 Å². The number of allylic oxidation sites excluding steroid dienone is 1. The highest BCUT2D eigenvalue weighted by atomic mass is 127. The highest BCUT2D eigenvalue weighted by Gasteiger charge is 2.20. The van der Waals surface area contributed by atoms with Crippen LogP contribution in [0.3, 0.4) is 0 Å². The predicted molar refractivity (Wildman–Crippen MR) is 91.7 cm³/mol.